The molecule has 1 aromatic heterocycles. The molecule has 0 aliphatic heterocycles. The van der Waals surface area contributed by atoms with E-state index in [0.29, 0.717) is 16.9 Å². The van der Waals surface area contributed by atoms with Gasteiger partial charge in [-0.3, -0.25) is 9.52 Å². The maximum atomic E-state index is 13.3. The number of carbonyl (C=O) groups excluding carboxylic acids is 2. The van der Waals surface area contributed by atoms with Gasteiger partial charge in [-0.1, -0.05) is 36.4 Å². The molecule has 0 radical (unpaired) electrons. The van der Waals surface area contributed by atoms with Crippen molar-refractivity contribution >= 4 is 56.4 Å². The van der Waals surface area contributed by atoms with E-state index < -0.39 is 21.2 Å². The Morgan fingerprint density at radius 2 is 1.57 bits per heavy atom. The van der Waals surface area contributed by atoms with E-state index in [1.807, 2.05) is 30.3 Å². The van der Waals surface area contributed by atoms with Gasteiger partial charge in [0, 0.05) is 16.3 Å². The first-order valence-electron chi connectivity index (χ1n) is 11.3. The van der Waals surface area contributed by atoms with Crippen LogP contribution in [0.5, 0.6) is 0 Å². The number of nitrogens with one attached hydrogen (secondary N) is 2. The summed E-state index contributed by atoms with van der Waals surface area (Å²) < 4.78 is 32.8. The molecule has 1 unspecified atom stereocenters. The minimum absolute atomic E-state index is 0.234. The van der Waals surface area contributed by atoms with Crippen LogP contribution in [0.2, 0.25) is 0 Å². The number of sulfonamides is 1. The number of ether oxygens (including phenoxy) is 1. The third kappa shape index (κ3) is 7.00. The van der Waals surface area contributed by atoms with Gasteiger partial charge in [-0.25, -0.2) is 13.2 Å². The molecule has 7 nitrogen and oxygen atoms in total. The van der Waals surface area contributed by atoms with Gasteiger partial charge in [-0.15, -0.1) is 23.1 Å². The lowest BCUT2D eigenvalue weighted by Gasteiger charge is -2.17. The fourth-order valence-corrected chi connectivity index (χ4v) is 6.45. The molecule has 1 heterocycles. The average molecular weight is 553 g/mol. The molecule has 1 atom stereocenters. The summed E-state index contributed by atoms with van der Waals surface area (Å²) in [6.07, 6.45) is 0. The Hall–Kier alpha value is -3.60. The first-order chi connectivity index (χ1) is 17.9. The quantitative estimate of drug-likeness (QED) is 0.180. The van der Waals surface area contributed by atoms with Crippen molar-refractivity contribution < 1.29 is 22.7 Å². The zero-order valence-electron chi connectivity index (χ0n) is 19.8. The van der Waals surface area contributed by atoms with Crippen LogP contribution < -0.4 is 10.0 Å². The lowest BCUT2D eigenvalue weighted by Crippen LogP contribution is -2.19. The maximum Gasteiger partial charge on any atom is 0.338 e. The predicted molar refractivity (Wildman–Crippen MR) is 148 cm³/mol. The van der Waals surface area contributed by atoms with Gasteiger partial charge in [0.2, 0.25) is 5.91 Å². The Bertz CT molecular complexity index is 1440. The smallest absolute Gasteiger partial charge is 0.338 e. The number of thioether (sulfide) groups is 1. The van der Waals surface area contributed by atoms with Crippen molar-refractivity contribution in [2.45, 2.75) is 21.3 Å². The first kappa shape index (κ1) is 26.5. The molecule has 3 aromatic carbocycles. The number of carbonyl (C=O) groups is 2. The lowest BCUT2D eigenvalue weighted by atomic mass is 10.1. The van der Waals surface area contributed by atoms with E-state index in [1.54, 1.807) is 73.0 Å². The van der Waals surface area contributed by atoms with Crippen LogP contribution in [0, 0.1) is 0 Å². The predicted octanol–water partition coefficient (Wildman–Crippen LogP) is 6.20. The monoisotopic (exact) mass is 552 g/mol. The Morgan fingerprint density at radius 1 is 0.892 bits per heavy atom. The van der Waals surface area contributed by atoms with E-state index in [-0.39, 0.29) is 16.7 Å². The van der Waals surface area contributed by atoms with Crippen molar-refractivity contribution in [2.75, 3.05) is 16.6 Å². The average Bonchev–Trinajstić information content (AvgIpc) is 3.45. The summed E-state index contributed by atoms with van der Waals surface area (Å²) in [6.45, 7) is 2.03. The molecular weight excluding hydrogens is 529 g/mol. The molecule has 0 saturated heterocycles. The van der Waals surface area contributed by atoms with Crippen molar-refractivity contribution in [3.8, 4) is 0 Å². The van der Waals surface area contributed by atoms with Gasteiger partial charge in [-0.05, 0) is 72.5 Å². The molecule has 0 spiro atoms. The van der Waals surface area contributed by atoms with E-state index in [9.17, 15) is 18.0 Å². The highest BCUT2D eigenvalue weighted by molar-refractivity contribution is 8.00. The van der Waals surface area contributed by atoms with Gasteiger partial charge >= 0.3 is 5.97 Å². The Labute approximate surface area is 223 Å². The topological polar surface area (TPSA) is 102 Å². The summed E-state index contributed by atoms with van der Waals surface area (Å²) in [7, 11) is -3.64. The summed E-state index contributed by atoms with van der Waals surface area (Å²) in [5.74, 6) is -0.651. The highest BCUT2D eigenvalue weighted by Crippen LogP contribution is 2.37. The second-order valence-electron chi connectivity index (χ2n) is 7.76. The molecule has 10 heteroatoms. The normalized spacial score (nSPS) is 11.9. The second-order valence-corrected chi connectivity index (χ2v) is 11.8. The van der Waals surface area contributed by atoms with Crippen LogP contribution in [-0.4, -0.2) is 26.9 Å². The number of thiophene rings is 1. The van der Waals surface area contributed by atoms with Crippen LogP contribution in [0.4, 0.5) is 11.4 Å². The molecule has 4 aromatic rings. The maximum absolute atomic E-state index is 13.3. The minimum atomic E-state index is -3.64. The molecule has 0 bridgehead atoms. The van der Waals surface area contributed by atoms with Crippen LogP contribution in [0.25, 0.3) is 0 Å². The lowest BCUT2D eigenvalue weighted by molar-refractivity contribution is -0.115. The van der Waals surface area contributed by atoms with Crippen LogP contribution >= 0.6 is 23.1 Å². The third-order valence-electron chi connectivity index (χ3n) is 5.12. The van der Waals surface area contributed by atoms with E-state index in [2.05, 4.69) is 10.0 Å². The Balaban J connectivity index is 1.48. The number of rotatable bonds is 10. The molecule has 0 fully saturated rings. The molecule has 0 aliphatic carbocycles. The van der Waals surface area contributed by atoms with Gasteiger partial charge < -0.3 is 10.1 Å². The van der Waals surface area contributed by atoms with Gasteiger partial charge in [0.25, 0.3) is 10.0 Å². The molecule has 0 saturated carbocycles. The highest BCUT2D eigenvalue weighted by Gasteiger charge is 2.23. The summed E-state index contributed by atoms with van der Waals surface area (Å²) in [5.41, 5.74) is 2.21. The Kier molecular flexibility index (Phi) is 8.65. The van der Waals surface area contributed by atoms with Crippen molar-refractivity contribution in [2.24, 2.45) is 0 Å². The second kappa shape index (κ2) is 12.1. The van der Waals surface area contributed by atoms with E-state index in [4.69, 9.17) is 4.74 Å². The van der Waals surface area contributed by atoms with Crippen molar-refractivity contribution in [3.05, 3.63) is 108 Å². The highest BCUT2D eigenvalue weighted by atomic mass is 32.2. The largest absolute Gasteiger partial charge is 0.462 e. The van der Waals surface area contributed by atoms with Gasteiger partial charge in [0.15, 0.2) is 0 Å². The summed E-state index contributed by atoms with van der Waals surface area (Å²) >= 11 is 2.49. The van der Waals surface area contributed by atoms with E-state index >= 15 is 0 Å². The zero-order valence-corrected chi connectivity index (χ0v) is 22.2. The SMILES string of the molecule is CCOC(=O)c1ccc(NC(=O)C(Sc2ccc(NS(=O)(=O)c3cccs3)cc2)c2ccccc2)cc1. The van der Waals surface area contributed by atoms with Crippen molar-refractivity contribution in [3.63, 3.8) is 0 Å². The summed E-state index contributed by atoms with van der Waals surface area (Å²) in [5, 5.41) is 4.05. The molecule has 4 rings (SSSR count). The van der Waals surface area contributed by atoms with E-state index in [1.165, 1.54) is 11.8 Å². The number of esters is 1. The standard InChI is InChI=1S/C27H24N2O5S3/c1-2-34-27(31)20-10-12-21(13-11-20)28-26(30)25(19-7-4-3-5-8-19)36-23-16-14-22(15-17-23)29-37(32,33)24-9-6-18-35-24/h3-18,25,29H,2H2,1H3,(H,28,30). The number of hydrogen-bond acceptors (Lipinski definition) is 7. The van der Waals surface area contributed by atoms with Crippen LogP contribution in [0.3, 0.4) is 0 Å². The number of anilines is 2. The molecule has 1 amide bonds. The van der Waals surface area contributed by atoms with Gasteiger partial charge in [-0.2, -0.15) is 0 Å². The fourth-order valence-electron chi connectivity index (χ4n) is 3.37. The number of hydrogen-bond donors (Lipinski definition) is 2. The van der Waals surface area contributed by atoms with Crippen LogP contribution in [0.1, 0.15) is 28.1 Å². The van der Waals surface area contributed by atoms with Crippen molar-refractivity contribution in [1.29, 1.82) is 0 Å². The number of benzene rings is 3. The molecule has 0 aliphatic rings. The molecule has 2 N–H and O–H groups in total. The van der Waals surface area contributed by atoms with Gasteiger partial charge in [0.1, 0.15) is 9.46 Å². The fraction of sp³-hybridized carbons (Fsp3) is 0.111. The number of amides is 1. The molecular formula is C27H24N2O5S3. The third-order valence-corrected chi connectivity index (χ3v) is 9.17. The van der Waals surface area contributed by atoms with Crippen molar-refractivity contribution in [1.82, 2.24) is 0 Å². The summed E-state index contributed by atoms with van der Waals surface area (Å²) in [6, 6.07) is 26.0. The summed E-state index contributed by atoms with van der Waals surface area (Å²) in [4.78, 5) is 26.0. The van der Waals surface area contributed by atoms with Crippen LogP contribution in [0.15, 0.2) is 105 Å². The zero-order chi connectivity index (χ0) is 26.3. The molecule has 37 heavy (non-hydrogen) atoms. The molecule has 190 valence electrons. The first-order valence-corrected chi connectivity index (χ1v) is 14.6. The van der Waals surface area contributed by atoms with Gasteiger partial charge in [0.05, 0.1) is 12.2 Å². The Morgan fingerprint density at radius 3 is 2.19 bits per heavy atom. The van der Waals surface area contributed by atoms with Crippen LogP contribution in [-0.2, 0) is 19.6 Å². The van der Waals surface area contributed by atoms with E-state index in [0.717, 1.165) is 21.8 Å². The minimum Gasteiger partial charge on any atom is -0.462 e.